The first-order valence-corrected chi connectivity index (χ1v) is 10.1. The van der Waals surface area contributed by atoms with Gasteiger partial charge in [-0.05, 0) is 38.1 Å². The van der Waals surface area contributed by atoms with Crippen molar-refractivity contribution in [1.82, 2.24) is 19.3 Å². The first kappa shape index (κ1) is 19.7. The minimum atomic E-state index is -0.325. The van der Waals surface area contributed by atoms with Crippen molar-refractivity contribution >= 4 is 29.0 Å². The van der Waals surface area contributed by atoms with Crippen molar-refractivity contribution in [3.63, 3.8) is 0 Å². The van der Waals surface area contributed by atoms with Gasteiger partial charge in [0.25, 0.3) is 0 Å². The molecule has 152 valence electrons. The Morgan fingerprint density at radius 3 is 2.72 bits per heavy atom. The highest BCUT2D eigenvalue weighted by Gasteiger charge is 2.24. The van der Waals surface area contributed by atoms with Gasteiger partial charge in [0, 0.05) is 51.3 Å². The lowest BCUT2D eigenvalue weighted by Gasteiger charge is -2.35. The fourth-order valence-corrected chi connectivity index (χ4v) is 3.69. The zero-order chi connectivity index (χ0) is 20.4. The maximum atomic E-state index is 12.4. The predicted molar refractivity (Wildman–Crippen MR) is 112 cm³/mol. The minimum Gasteiger partial charge on any atom is -0.459 e. The molecule has 1 saturated heterocycles. The molecule has 0 aromatic carbocycles. The second-order valence-electron chi connectivity index (χ2n) is 7.44. The number of hydrogen-bond donors (Lipinski definition) is 0. The molecule has 8 heteroatoms. The number of esters is 1. The van der Waals surface area contributed by atoms with Gasteiger partial charge in [-0.15, -0.1) is 0 Å². The van der Waals surface area contributed by atoms with Crippen LogP contribution in [-0.4, -0.2) is 57.5 Å². The van der Waals surface area contributed by atoms with Gasteiger partial charge in [-0.3, -0.25) is 4.90 Å². The Hall–Kier alpha value is -2.64. The number of hydrogen-bond acceptors (Lipinski definition) is 6. The molecular formula is C21H24ClN5O2. The maximum Gasteiger partial charge on any atom is 0.342 e. The maximum absolute atomic E-state index is 12.4. The van der Waals surface area contributed by atoms with Crippen LogP contribution in [0.25, 0.3) is 5.65 Å². The number of fused-ring (bicyclic) bond motifs is 1. The number of anilines is 1. The van der Waals surface area contributed by atoms with Crippen molar-refractivity contribution in [3.05, 3.63) is 59.1 Å². The quantitative estimate of drug-likeness (QED) is 0.598. The molecule has 29 heavy (non-hydrogen) atoms. The van der Waals surface area contributed by atoms with Crippen molar-refractivity contribution in [1.29, 1.82) is 0 Å². The van der Waals surface area contributed by atoms with Crippen molar-refractivity contribution in [2.45, 2.75) is 26.5 Å². The number of nitrogens with zero attached hydrogens (tertiary/aromatic N) is 5. The Labute approximate surface area is 174 Å². The minimum absolute atomic E-state index is 0.160. The number of rotatable bonds is 5. The highest BCUT2D eigenvalue weighted by molar-refractivity contribution is 6.30. The zero-order valence-corrected chi connectivity index (χ0v) is 17.3. The Balaban J connectivity index is 1.41. The molecule has 1 aliphatic heterocycles. The van der Waals surface area contributed by atoms with Crippen LogP contribution in [0.2, 0.25) is 5.02 Å². The van der Waals surface area contributed by atoms with Crippen LogP contribution < -0.4 is 4.90 Å². The molecule has 0 spiro atoms. The molecule has 0 atom stereocenters. The fraction of sp³-hybridized carbons (Fsp3) is 0.381. The second kappa shape index (κ2) is 8.39. The largest absolute Gasteiger partial charge is 0.459 e. The van der Waals surface area contributed by atoms with Crippen molar-refractivity contribution in [2.75, 3.05) is 31.1 Å². The average Bonchev–Trinajstić information content (AvgIpc) is 3.09. The van der Waals surface area contributed by atoms with Gasteiger partial charge in [-0.25, -0.2) is 14.8 Å². The lowest BCUT2D eigenvalue weighted by Crippen LogP contribution is -2.46. The Kier molecular flexibility index (Phi) is 5.69. The van der Waals surface area contributed by atoms with Gasteiger partial charge < -0.3 is 14.0 Å². The van der Waals surface area contributed by atoms with Gasteiger partial charge >= 0.3 is 5.97 Å². The summed E-state index contributed by atoms with van der Waals surface area (Å²) in [7, 11) is 0. The second-order valence-corrected chi connectivity index (χ2v) is 7.87. The number of carbonyl (C=O) groups is 1. The summed E-state index contributed by atoms with van der Waals surface area (Å²) in [4.78, 5) is 26.0. The van der Waals surface area contributed by atoms with E-state index in [-0.39, 0.29) is 12.1 Å². The van der Waals surface area contributed by atoms with Gasteiger partial charge in [0.05, 0.1) is 16.8 Å². The number of pyridine rings is 2. The van der Waals surface area contributed by atoms with Gasteiger partial charge in [-0.1, -0.05) is 11.6 Å². The number of halogens is 1. The van der Waals surface area contributed by atoms with E-state index in [0.717, 1.165) is 44.1 Å². The summed E-state index contributed by atoms with van der Waals surface area (Å²) in [5.74, 6) is 0.370. The summed E-state index contributed by atoms with van der Waals surface area (Å²) in [5.41, 5.74) is 2.43. The van der Waals surface area contributed by atoms with E-state index in [1.54, 1.807) is 18.3 Å². The topological polar surface area (TPSA) is 63.0 Å². The van der Waals surface area contributed by atoms with Crippen LogP contribution in [0.5, 0.6) is 0 Å². The van der Waals surface area contributed by atoms with E-state index in [1.165, 1.54) is 0 Å². The molecule has 3 aromatic rings. The van der Waals surface area contributed by atoms with Gasteiger partial charge in [0.15, 0.2) is 0 Å². The van der Waals surface area contributed by atoms with Gasteiger partial charge in [-0.2, -0.15) is 0 Å². The van der Waals surface area contributed by atoms with Crippen LogP contribution in [0.1, 0.15) is 29.9 Å². The Morgan fingerprint density at radius 1 is 1.17 bits per heavy atom. The Morgan fingerprint density at radius 2 is 1.97 bits per heavy atom. The SMILES string of the molecule is CC(C)OC(=O)c1cccnc1N1CCN(Cc2cn3cc(Cl)ccc3n2)CC1. The molecule has 0 radical (unpaired) electrons. The summed E-state index contributed by atoms with van der Waals surface area (Å²) in [6, 6.07) is 7.32. The summed E-state index contributed by atoms with van der Waals surface area (Å²) < 4.78 is 7.32. The molecule has 3 aromatic heterocycles. The van der Waals surface area contributed by atoms with E-state index in [2.05, 4.69) is 19.8 Å². The summed E-state index contributed by atoms with van der Waals surface area (Å²) in [6.45, 7) is 7.78. The average molecular weight is 414 g/mol. The van der Waals surface area contributed by atoms with Gasteiger partial charge in [0.1, 0.15) is 17.0 Å². The number of aromatic nitrogens is 3. The van der Waals surface area contributed by atoms with Crippen LogP contribution in [0.3, 0.4) is 0 Å². The van der Waals surface area contributed by atoms with Crippen LogP contribution >= 0.6 is 11.6 Å². The highest BCUT2D eigenvalue weighted by atomic mass is 35.5. The third-order valence-electron chi connectivity index (χ3n) is 4.87. The molecule has 4 rings (SSSR count). The standard InChI is InChI=1S/C21H24ClN5O2/c1-15(2)29-21(28)18-4-3-7-23-20(18)26-10-8-25(9-11-26)13-17-14-27-12-16(22)5-6-19(27)24-17/h3-7,12,14-15H,8-11,13H2,1-2H3. The molecule has 4 heterocycles. The van der Waals surface area contributed by atoms with Crippen LogP contribution in [0.4, 0.5) is 5.82 Å². The number of piperazine rings is 1. The lowest BCUT2D eigenvalue weighted by molar-refractivity contribution is 0.0378. The number of ether oxygens (including phenoxy) is 1. The first-order chi connectivity index (χ1) is 14.0. The lowest BCUT2D eigenvalue weighted by atomic mass is 10.2. The molecule has 0 aliphatic carbocycles. The van der Waals surface area contributed by atoms with Crippen LogP contribution in [0.15, 0.2) is 42.9 Å². The van der Waals surface area contributed by atoms with Gasteiger partial charge in [0.2, 0.25) is 0 Å². The molecule has 0 bridgehead atoms. The molecule has 1 aliphatic rings. The molecule has 1 fully saturated rings. The smallest absolute Gasteiger partial charge is 0.342 e. The summed E-state index contributed by atoms with van der Waals surface area (Å²) in [5, 5.41) is 0.692. The third kappa shape index (κ3) is 4.52. The molecule has 7 nitrogen and oxygen atoms in total. The van der Waals surface area contributed by atoms with E-state index < -0.39 is 0 Å². The van der Waals surface area contributed by atoms with Crippen molar-refractivity contribution < 1.29 is 9.53 Å². The number of imidazole rings is 1. The summed E-state index contributed by atoms with van der Waals surface area (Å²) in [6.07, 6.45) is 5.44. The van der Waals surface area contributed by atoms with E-state index in [4.69, 9.17) is 16.3 Å². The Bertz CT molecular complexity index is 1010. The first-order valence-electron chi connectivity index (χ1n) is 9.76. The monoisotopic (exact) mass is 413 g/mol. The van der Waals surface area contributed by atoms with Crippen molar-refractivity contribution in [3.8, 4) is 0 Å². The van der Waals surface area contributed by atoms with E-state index >= 15 is 0 Å². The third-order valence-corrected chi connectivity index (χ3v) is 5.10. The fourth-order valence-electron chi connectivity index (χ4n) is 3.53. The predicted octanol–water partition coefficient (Wildman–Crippen LogP) is 3.27. The molecule has 0 saturated carbocycles. The summed E-state index contributed by atoms with van der Waals surface area (Å²) >= 11 is 6.05. The number of carbonyl (C=O) groups excluding carboxylic acids is 1. The van der Waals surface area contributed by atoms with E-state index in [1.807, 2.05) is 42.8 Å². The highest BCUT2D eigenvalue weighted by Crippen LogP contribution is 2.21. The molecule has 0 unspecified atom stereocenters. The van der Waals surface area contributed by atoms with Crippen molar-refractivity contribution in [2.24, 2.45) is 0 Å². The molecule has 0 N–H and O–H groups in total. The normalized spacial score (nSPS) is 15.2. The zero-order valence-electron chi connectivity index (χ0n) is 16.6. The molecule has 0 amide bonds. The van der Waals surface area contributed by atoms with Crippen LogP contribution in [-0.2, 0) is 11.3 Å². The van der Waals surface area contributed by atoms with E-state index in [9.17, 15) is 4.79 Å². The van der Waals surface area contributed by atoms with E-state index in [0.29, 0.717) is 16.4 Å². The molecular weight excluding hydrogens is 390 g/mol. The van der Waals surface area contributed by atoms with Crippen LogP contribution in [0, 0.1) is 0 Å².